The van der Waals surface area contributed by atoms with Crippen molar-refractivity contribution in [3.63, 3.8) is 0 Å². The molecule has 0 aromatic heterocycles. The third-order valence-corrected chi connectivity index (χ3v) is 5.86. The maximum Gasteiger partial charge on any atom is 0.0137 e. The molecule has 0 radical (unpaired) electrons. The largest absolute Gasteiger partial charge is 0.313 e. The molecule has 0 rings (SSSR count). The molecule has 0 aromatic carbocycles. The highest BCUT2D eigenvalue weighted by molar-refractivity contribution is 4.94. The van der Waals surface area contributed by atoms with Gasteiger partial charge in [0.1, 0.15) is 0 Å². The van der Waals surface area contributed by atoms with E-state index in [9.17, 15) is 0 Å². The van der Waals surface area contributed by atoms with Crippen LogP contribution in [0.5, 0.6) is 0 Å². The van der Waals surface area contributed by atoms with Crippen molar-refractivity contribution < 1.29 is 0 Å². The summed E-state index contributed by atoms with van der Waals surface area (Å²) in [4.78, 5) is 0. The summed E-state index contributed by atoms with van der Waals surface area (Å²) in [5, 5.41) is 3.50. The Hall–Kier alpha value is -0.300. The number of hydrogen-bond acceptors (Lipinski definition) is 1. The Morgan fingerprint density at radius 3 is 1.14 bits per heavy atom. The van der Waals surface area contributed by atoms with E-state index in [0.29, 0.717) is 0 Å². The fourth-order valence-corrected chi connectivity index (χ4v) is 3.88. The van der Waals surface area contributed by atoms with Crippen molar-refractivity contribution in [1.82, 2.24) is 5.32 Å². The van der Waals surface area contributed by atoms with Gasteiger partial charge < -0.3 is 5.32 Å². The van der Waals surface area contributed by atoms with Crippen LogP contribution in [0.4, 0.5) is 0 Å². The van der Waals surface area contributed by atoms with Gasteiger partial charge in [-0.15, -0.1) is 0 Å². The Labute approximate surface area is 179 Å². The van der Waals surface area contributed by atoms with Crippen LogP contribution in [-0.4, -0.2) is 13.1 Å². The summed E-state index contributed by atoms with van der Waals surface area (Å²) in [6, 6.07) is 0. The van der Waals surface area contributed by atoms with Crippen LogP contribution in [-0.2, 0) is 0 Å². The van der Waals surface area contributed by atoms with Crippen LogP contribution in [0.25, 0.3) is 0 Å². The zero-order valence-corrected chi connectivity index (χ0v) is 20.1. The lowest BCUT2D eigenvalue weighted by molar-refractivity contribution is 0.520. The van der Waals surface area contributed by atoms with E-state index in [1.54, 1.807) is 0 Å². The Morgan fingerprint density at radius 2 is 0.821 bits per heavy atom. The van der Waals surface area contributed by atoms with Crippen LogP contribution in [0, 0.1) is 0 Å². The molecule has 0 spiro atoms. The number of hydrogen-bond donors (Lipinski definition) is 1. The standard InChI is InChI=1S/C27H55N/c1-4-5-6-7-8-9-10-11-12-13-14-15-16-17-18-19-20-21-22-23-25-28-26-24-27(2)3/h24,28H,4-23,25-26H2,1-3H3. The van der Waals surface area contributed by atoms with Crippen molar-refractivity contribution in [3.8, 4) is 0 Å². The summed E-state index contributed by atoms with van der Waals surface area (Å²) in [6.07, 6.45) is 31.4. The molecule has 1 heteroatoms. The summed E-state index contributed by atoms with van der Waals surface area (Å²) in [6.45, 7) is 8.86. The molecule has 28 heavy (non-hydrogen) atoms. The van der Waals surface area contributed by atoms with Gasteiger partial charge in [-0.1, -0.05) is 141 Å². The van der Waals surface area contributed by atoms with E-state index in [1.807, 2.05) is 0 Å². The Morgan fingerprint density at radius 1 is 0.500 bits per heavy atom. The second-order valence-corrected chi connectivity index (χ2v) is 9.20. The van der Waals surface area contributed by atoms with Gasteiger partial charge in [0.25, 0.3) is 0 Å². The molecule has 0 aliphatic heterocycles. The lowest BCUT2D eigenvalue weighted by Gasteiger charge is -2.04. The second kappa shape index (κ2) is 24.7. The maximum absolute atomic E-state index is 3.50. The molecule has 1 nitrogen and oxygen atoms in total. The predicted molar refractivity (Wildman–Crippen MR) is 130 cm³/mol. The zero-order valence-electron chi connectivity index (χ0n) is 20.1. The number of allylic oxidation sites excluding steroid dienone is 1. The van der Waals surface area contributed by atoms with E-state index >= 15 is 0 Å². The predicted octanol–water partition coefficient (Wildman–Crippen LogP) is 9.36. The molecule has 0 aromatic rings. The quantitative estimate of drug-likeness (QED) is 0.135. The van der Waals surface area contributed by atoms with Crippen molar-refractivity contribution in [1.29, 1.82) is 0 Å². The maximum atomic E-state index is 3.50. The van der Waals surface area contributed by atoms with E-state index in [2.05, 4.69) is 32.2 Å². The minimum absolute atomic E-state index is 1.04. The summed E-state index contributed by atoms with van der Waals surface area (Å²) < 4.78 is 0. The van der Waals surface area contributed by atoms with Gasteiger partial charge in [0.05, 0.1) is 0 Å². The highest BCUT2D eigenvalue weighted by Crippen LogP contribution is 2.14. The van der Waals surface area contributed by atoms with E-state index in [0.717, 1.165) is 6.54 Å². The average Bonchev–Trinajstić information content (AvgIpc) is 2.68. The van der Waals surface area contributed by atoms with Crippen LogP contribution >= 0.6 is 0 Å². The zero-order chi connectivity index (χ0) is 20.5. The lowest BCUT2D eigenvalue weighted by Crippen LogP contribution is -2.15. The number of unbranched alkanes of at least 4 members (excludes halogenated alkanes) is 19. The highest BCUT2D eigenvalue weighted by Gasteiger charge is 1.95. The van der Waals surface area contributed by atoms with E-state index in [1.165, 1.54) is 141 Å². The van der Waals surface area contributed by atoms with Crippen LogP contribution in [0.15, 0.2) is 11.6 Å². The molecule has 0 unspecified atom stereocenters. The first-order chi connectivity index (χ1) is 13.8. The third-order valence-electron chi connectivity index (χ3n) is 5.86. The van der Waals surface area contributed by atoms with Crippen LogP contribution in [0.3, 0.4) is 0 Å². The Kier molecular flexibility index (Phi) is 24.5. The first-order valence-corrected chi connectivity index (χ1v) is 13.1. The molecular weight excluding hydrogens is 338 g/mol. The third kappa shape index (κ3) is 25.7. The van der Waals surface area contributed by atoms with Crippen LogP contribution in [0.1, 0.15) is 149 Å². The fraction of sp³-hybridized carbons (Fsp3) is 0.926. The van der Waals surface area contributed by atoms with Gasteiger partial charge in [0.15, 0.2) is 0 Å². The van der Waals surface area contributed by atoms with Gasteiger partial charge in [-0.05, 0) is 26.8 Å². The minimum Gasteiger partial charge on any atom is -0.313 e. The van der Waals surface area contributed by atoms with Gasteiger partial charge >= 0.3 is 0 Å². The second-order valence-electron chi connectivity index (χ2n) is 9.20. The molecular formula is C27H55N. The van der Waals surface area contributed by atoms with E-state index in [-0.39, 0.29) is 0 Å². The SMILES string of the molecule is CCCCCCCCCCCCCCCCCCCCCCNCC=C(C)C. The Balaban J connectivity index is 3.00. The first-order valence-electron chi connectivity index (χ1n) is 13.1. The molecule has 0 saturated carbocycles. The summed E-state index contributed by atoms with van der Waals surface area (Å²) in [5.41, 5.74) is 1.41. The smallest absolute Gasteiger partial charge is 0.0137 e. The van der Waals surface area contributed by atoms with Crippen molar-refractivity contribution in [2.24, 2.45) is 0 Å². The molecule has 168 valence electrons. The minimum atomic E-state index is 1.04. The number of rotatable bonds is 23. The monoisotopic (exact) mass is 393 g/mol. The molecule has 0 atom stereocenters. The van der Waals surface area contributed by atoms with Crippen LogP contribution < -0.4 is 5.32 Å². The molecule has 0 bridgehead atoms. The fourth-order valence-electron chi connectivity index (χ4n) is 3.88. The van der Waals surface area contributed by atoms with Crippen molar-refractivity contribution >= 4 is 0 Å². The molecule has 0 amide bonds. The van der Waals surface area contributed by atoms with Gasteiger partial charge in [-0.2, -0.15) is 0 Å². The molecule has 0 aliphatic rings. The molecule has 0 saturated heterocycles. The average molecular weight is 394 g/mol. The summed E-state index contributed by atoms with van der Waals surface area (Å²) in [7, 11) is 0. The van der Waals surface area contributed by atoms with Crippen molar-refractivity contribution in [3.05, 3.63) is 11.6 Å². The van der Waals surface area contributed by atoms with Crippen molar-refractivity contribution in [2.75, 3.05) is 13.1 Å². The lowest BCUT2D eigenvalue weighted by atomic mass is 10.0. The highest BCUT2D eigenvalue weighted by atomic mass is 14.8. The normalized spacial score (nSPS) is 11.1. The van der Waals surface area contributed by atoms with Crippen LogP contribution in [0.2, 0.25) is 0 Å². The van der Waals surface area contributed by atoms with E-state index in [4.69, 9.17) is 0 Å². The molecule has 0 aliphatic carbocycles. The van der Waals surface area contributed by atoms with Crippen molar-refractivity contribution in [2.45, 2.75) is 149 Å². The molecule has 0 heterocycles. The topological polar surface area (TPSA) is 12.0 Å². The van der Waals surface area contributed by atoms with Gasteiger partial charge in [0.2, 0.25) is 0 Å². The summed E-state index contributed by atoms with van der Waals surface area (Å²) >= 11 is 0. The van der Waals surface area contributed by atoms with Gasteiger partial charge in [-0.25, -0.2) is 0 Å². The molecule has 0 fully saturated rings. The summed E-state index contributed by atoms with van der Waals surface area (Å²) in [5.74, 6) is 0. The number of nitrogens with one attached hydrogen (secondary N) is 1. The van der Waals surface area contributed by atoms with Gasteiger partial charge in [0, 0.05) is 6.54 Å². The molecule has 1 N–H and O–H groups in total. The first kappa shape index (κ1) is 27.7. The van der Waals surface area contributed by atoms with Gasteiger partial charge in [-0.3, -0.25) is 0 Å². The van der Waals surface area contributed by atoms with E-state index < -0.39 is 0 Å². The Bertz CT molecular complexity index is 303.